The van der Waals surface area contributed by atoms with E-state index in [0.717, 1.165) is 29.3 Å². The van der Waals surface area contributed by atoms with Crippen LogP contribution < -0.4 is 14.9 Å². The van der Waals surface area contributed by atoms with Gasteiger partial charge in [0.05, 0.1) is 19.0 Å². The lowest BCUT2D eigenvalue weighted by Gasteiger charge is -2.26. The number of benzene rings is 2. The van der Waals surface area contributed by atoms with Crippen LogP contribution in [0.3, 0.4) is 0 Å². The van der Waals surface area contributed by atoms with E-state index >= 15 is 0 Å². The molecule has 1 fully saturated rings. The highest BCUT2D eigenvalue weighted by atomic mass is 16.5. The number of ether oxygens (including phenoxy) is 2. The number of nitrogens with one attached hydrogen (secondary N) is 1. The minimum atomic E-state index is 0.680. The van der Waals surface area contributed by atoms with Gasteiger partial charge >= 0.3 is 0 Å². The molecule has 0 atom stereocenters. The summed E-state index contributed by atoms with van der Waals surface area (Å²) in [6.07, 6.45) is 5.73. The highest BCUT2D eigenvalue weighted by Crippen LogP contribution is 2.27. The lowest BCUT2D eigenvalue weighted by Crippen LogP contribution is -2.33. The molecule has 1 saturated heterocycles. The topological polar surface area (TPSA) is 46.1 Å². The lowest BCUT2D eigenvalue weighted by atomic mass is 10.1. The van der Waals surface area contributed by atoms with Crippen LogP contribution in [0, 0.1) is 0 Å². The number of hydrazone groups is 1. The number of methoxy groups -OCH3 is 1. The Bertz CT molecular complexity index is 698. The van der Waals surface area contributed by atoms with Crippen LogP contribution in [0.25, 0.3) is 0 Å². The molecule has 3 rings (SSSR count). The number of piperidine rings is 1. The molecule has 1 heterocycles. The number of rotatable bonds is 8. The zero-order valence-corrected chi connectivity index (χ0v) is 15.4. The first kappa shape index (κ1) is 18.3. The Morgan fingerprint density at radius 1 is 1.04 bits per heavy atom. The van der Waals surface area contributed by atoms with Gasteiger partial charge in [0.25, 0.3) is 0 Å². The highest BCUT2D eigenvalue weighted by molar-refractivity contribution is 5.81. The second-order valence-electron chi connectivity index (χ2n) is 6.40. The van der Waals surface area contributed by atoms with Gasteiger partial charge in [-0.15, -0.1) is 0 Å². The number of likely N-dealkylation sites (tertiary alicyclic amines) is 1. The SMILES string of the molecule is COc1cc(C=NNc2ccccc2)ccc1OCCN1CCCCC1. The molecule has 0 aliphatic carbocycles. The normalized spacial score (nSPS) is 15.1. The van der Waals surface area contributed by atoms with Crippen LogP contribution in [0.15, 0.2) is 53.6 Å². The van der Waals surface area contributed by atoms with E-state index in [9.17, 15) is 0 Å². The Kier molecular flexibility index (Phi) is 6.90. The third-order valence-electron chi connectivity index (χ3n) is 4.48. The maximum Gasteiger partial charge on any atom is 0.161 e. The third kappa shape index (κ3) is 5.49. The van der Waals surface area contributed by atoms with Crippen LogP contribution in [0.2, 0.25) is 0 Å². The van der Waals surface area contributed by atoms with Crippen molar-refractivity contribution in [2.24, 2.45) is 5.10 Å². The first-order valence-corrected chi connectivity index (χ1v) is 9.22. The van der Waals surface area contributed by atoms with E-state index in [4.69, 9.17) is 9.47 Å². The van der Waals surface area contributed by atoms with Gasteiger partial charge in [0, 0.05) is 6.54 Å². The summed E-state index contributed by atoms with van der Waals surface area (Å²) in [5.41, 5.74) is 4.91. The predicted molar refractivity (Wildman–Crippen MR) is 106 cm³/mol. The van der Waals surface area contributed by atoms with Crippen LogP contribution in [0.1, 0.15) is 24.8 Å². The zero-order chi connectivity index (χ0) is 18.0. The molecule has 26 heavy (non-hydrogen) atoms. The second kappa shape index (κ2) is 9.82. The first-order chi connectivity index (χ1) is 12.8. The fourth-order valence-corrected chi connectivity index (χ4v) is 3.05. The maximum atomic E-state index is 5.93. The van der Waals surface area contributed by atoms with Gasteiger partial charge in [0.15, 0.2) is 11.5 Å². The van der Waals surface area contributed by atoms with Gasteiger partial charge in [-0.3, -0.25) is 10.3 Å². The van der Waals surface area contributed by atoms with Crippen LogP contribution in [0.5, 0.6) is 11.5 Å². The molecular weight excluding hydrogens is 326 g/mol. The van der Waals surface area contributed by atoms with Crippen molar-refractivity contribution in [3.8, 4) is 11.5 Å². The molecule has 0 unspecified atom stereocenters. The Hall–Kier alpha value is -2.53. The average Bonchev–Trinajstić information content (AvgIpc) is 2.70. The molecule has 1 N–H and O–H groups in total. The molecular formula is C21H27N3O2. The number of hydrogen-bond acceptors (Lipinski definition) is 5. The van der Waals surface area contributed by atoms with Crippen molar-refractivity contribution >= 4 is 11.9 Å². The molecule has 2 aromatic carbocycles. The molecule has 5 heteroatoms. The van der Waals surface area contributed by atoms with Gasteiger partial charge in [-0.2, -0.15) is 5.10 Å². The van der Waals surface area contributed by atoms with E-state index in [1.807, 2.05) is 48.5 Å². The fraction of sp³-hybridized carbons (Fsp3) is 0.381. The number of anilines is 1. The molecule has 0 saturated carbocycles. The van der Waals surface area contributed by atoms with Gasteiger partial charge < -0.3 is 9.47 Å². The molecule has 1 aliphatic rings. The van der Waals surface area contributed by atoms with E-state index in [2.05, 4.69) is 15.4 Å². The van der Waals surface area contributed by atoms with Gasteiger partial charge in [-0.05, 0) is 61.8 Å². The number of nitrogens with zero attached hydrogens (tertiary/aromatic N) is 2. The van der Waals surface area contributed by atoms with Crippen LogP contribution in [0.4, 0.5) is 5.69 Å². The third-order valence-corrected chi connectivity index (χ3v) is 4.48. The van der Waals surface area contributed by atoms with Crippen LogP contribution >= 0.6 is 0 Å². The minimum Gasteiger partial charge on any atom is -0.493 e. The Morgan fingerprint density at radius 3 is 2.62 bits per heavy atom. The minimum absolute atomic E-state index is 0.680. The second-order valence-corrected chi connectivity index (χ2v) is 6.40. The molecule has 0 aromatic heterocycles. The van der Waals surface area contributed by atoms with E-state index in [-0.39, 0.29) is 0 Å². The van der Waals surface area contributed by atoms with Gasteiger partial charge in [0.2, 0.25) is 0 Å². The van der Waals surface area contributed by atoms with E-state index in [0.29, 0.717) is 6.61 Å². The monoisotopic (exact) mass is 353 g/mol. The Balaban J connectivity index is 1.53. The summed E-state index contributed by atoms with van der Waals surface area (Å²) < 4.78 is 11.4. The molecule has 0 radical (unpaired) electrons. The van der Waals surface area contributed by atoms with Crippen molar-refractivity contribution in [2.45, 2.75) is 19.3 Å². The quantitative estimate of drug-likeness (QED) is 0.575. The van der Waals surface area contributed by atoms with Crippen molar-refractivity contribution in [1.29, 1.82) is 0 Å². The van der Waals surface area contributed by atoms with Gasteiger partial charge in [-0.25, -0.2) is 0 Å². The largest absolute Gasteiger partial charge is 0.493 e. The summed E-state index contributed by atoms with van der Waals surface area (Å²) in [6, 6.07) is 15.7. The smallest absolute Gasteiger partial charge is 0.161 e. The molecule has 0 bridgehead atoms. The van der Waals surface area contributed by atoms with Crippen LogP contribution in [-0.2, 0) is 0 Å². The summed E-state index contributed by atoms with van der Waals surface area (Å²) in [6.45, 7) is 4.02. The number of hydrogen-bond donors (Lipinski definition) is 1. The van der Waals surface area contributed by atoms with Crippen molar-refractivity contribution in [3.05, 3.63) is 54.1 Å². The Morgan fingerprint density at radius 2 is 1.85 bits per heavy atom. The molecule has 0 spiro atoms. The summed E-state index contributed by atoms with van der Waals surface area (Å²) in [5, 5.41) is 4.26. The summed E-state index contributed by atoms with van der Waals surface area (Å²) in [4.78, 5) is 2.46. The number of para-hydroxylation sites is 1. The van der Waals surface area contributed by atoms with Gasteiger partial charge in [-0.1, -0.05) is 24.6 Å². The van der Waals surface area contributed by atoms with Crippen LogP contribution in [-0.4, -0.2) is 44.5 Å². The van der Waals surface area contributed by atoms with E-state index in [1.54, 1.807) is 13.3 Å². The first-order valence-electron chi connectivity index (χ1n) is 9.22. The maximum absolute atomic E-state index is 5.93. The van der Waals surface area contributed by atoms with Gasteiger partial charge in [0.1, 0.15) is 6.61 Å². The molecule has 2 aromatic rings. The van der Waals surface area contributed by atoms with E-state index < -0.39 is 0 Å². The average molecular weight is 353 g/mol. The Labute approximate surface area is 155 Å². The van der Waals surface area contributed by atoms with Crippen molar-refractivity contribution < 1.29 is 9.47 Å². The van der Waals surface area contributed by atoms with Crippen molar-refractivity contribution in [1.82, 2.24) is 4.90 Å². The molecule has 1 aliphatic heterocycles. The summed E-state index contributed by atoms with van der Waals surface area (Å²) >= 11 is 0. The molecule has 138 valence electrons. The lowest BCUT2D eigenvalue weighted by molar-refractivity contribution is 0.180. The van der Waals surface area contributed by atoms with Crippen molar-refractivity contribution in [3.63, 3.8) is 0 Å². The standard InChI is InChI=1S/C21H27N3O2/c1-25-21-16-18(17-22-23-19-8-4-2-5-9-19)10-11-20(21)26-15-14-24-12-6-3-7-13-24/h2,4-5,8-11,16-17,23H,3,6-7,12-15H2,1H3. The highest BCUT2D eigenvalue weighted by Gasteiger charge is 2.10. The van der Waals surface area contributed by atoms with Crippen molar-refractivity contribution in [2.75, 3.05) is 38.8 Å². The molecule has 0 amide bonds. The van der Waals surface area contributed by atoms with E-state index in [1.165, 1.54) is 32.4 Å². The predicted octanol–water partition coefficient (Wildman–Crippen LogP) is 4.01. The summed E-state index contributed by atoms with van der Waals surface area (Å²) in [5.74, 6) is 1.50. The zero-order valence-electron chi connectivity index (χ0n) is 15.4. The fourth-order valence-electron chi connectivity index (χ4n) is 3.05. The summed E-state index contributed by atoms with van der Waals surface area (Å²) in [7, 11) is 1.66. The molecule has 5 nitrogen and oxygen atoms in total.